The molecule has 25 heavy (non-hydrogen) atoms. The fraction of sp³-hybridized carbons (Fsp3) is 0.526. The molecule has 1 heterocycles. The van der Waals surface area contributed by atoms with Gasteiger partial charge in [-0.25, -0.2) is 0 Å². The smallest absolute Gasteiger partial charge is 0.240 e. The van der Waals surface area contributed by atoms with E-state index in [9.17, 15) is 4.79 Å². The molecular weight excluding hydrogens is 316 g/mol. The summed E-state index contributed by atoms with van der Waals surface area (Å²) in [6.45, 7) is 4.39. The van der Waals surface area contributed by atoms with E-state index < -0.39 is 5.54 Å². The first-order valence-electron chi connectivity index (χ1n) is 8.74. The molecule has 0 bridgehead atoms. The Morgan fingerprint density at radius 2 is 2.12 bits per heavy atom. The molecule has 0 aliphatic heterocycles. The number of carbonyl (C=O) groups excluding carboxylic acids is 1. The molecule has 0 radical (unpaired) electrons. The molecule has 0 saturated carbocycles. The van der Waals surface area contributed by atoms with E-state index in [4.69, 9.17) is 4.52 Å². The molecule has 134 valence electrons. The minimum absolute atomic E-state index is 0.0242. The van der Waals surface area contributed by atoms with E-state index in [1.54, 1.807) is 0 Å². The van der Waals surface area contributed by atoms with Gasteiger partial charge in [0.2, 0.25) is 11.8 Å². The third-order valence-corrected chi connectivity index (χ3v) is 4.60. The Balaban J connectivity index is 1.75. The molecule has 1 N–H and O–H groups in total. The van der Waals surface area contributed by atoms with Crippen molar-refractivity contribution in [3.8, 4) is 0 Å². The van der Waals surface area contributed by atoms with Crippen molar-refractivity contribution in [1.82, 2.24) is 20.4 Å². The van der Waals surface area contributed by atoms with Crippen LogP contribution >= 0.6 is 0 Å². The summed E-state index contributed by atoms with van der Waals surface area (Å²) in [5.41, 5.74) is 1.74. The van der Waals surface area contributed by atoms with E-state index in [0.29, 0.717) is 18.3 Å². The summed E-state index contributed by atoms with van der Waals surface area (Å²) < 4.78 is 5.29. The van der Waals surface area contributed by atoms with Crippen molar-refractivity contribution in [3.05, 3.63) is 47.1 Å². The van der Waals surface area contributed by atoms with Gasteiger partial charge in [-0.15, -0.1) is 0 Å². The molecule has 3 rings (SSSR count). The first-order valence-corrected chi connectivity index (χ1v) is 8.74. The fourth-order valence-corrected chi connectivity index (χ4v) is 3.32. The van der Waals surface area contributed by atoms with E-state index in [0.717, 1.165) is 24.8 Å². The van der Waals surface area contributed by atoms with Crippen molar-refractivity contribution < 1.29 is 9.32 Å². The first-order chi connectivity index (χ1) is 11.9. The maximum atomic E-state index is 12.9. The highest BCUT2D eigenvalue weighted by Crippen LogP contribution is 2.32. The van der Waals surface area contributed by atoms with Gasteiger partial charge < -0.3 is 14.7 Å². The number of hydrogen-bond donors (Lipinski definition) is 1. The lowest BCUT2D eigenvalue weighted by atomic mass is 9.82. The Morgan fingerprint density at radius 1 is 1.36 bits per heavy atom. The zero-order valence-corrected chi connectivity index (χ0v) is 15.4. The molecule has 1 amide bonds. The molecule has 1 atom stereocenters. The highest BCUT2D eigenvalue weighted by molar-refractivity contribution is 5.85. The summed E-state index contributed by atoms with van der Waals surface area (Å²) in [5, 5.41) is 7.17. The summed E-state index contributed by atoms with van der Waals surface area (Å²) in [4.78, 5) is 19.3. The highest BCUT2D eigenvalue weighted by Gasteiger charge is 2.33. The van der Waals surface area contributed by atoms with Gasteiger partial charge in [0, 0.05) is 0 Å². The largest absolute Gasteiger partial charge is 0.343 e. The highest BCUT2D eigenvalue weighted by atomic mass is 16.5. The number of nitrogens with one attached hydrogen (secondary N) is 1. The van der Waals surface area contributed by atoms with Gasteiger partial charge >= 0.3 is 0 Å². The van der Waals surface area contributed by atoms with E-state index in [1.165, 1.54) is 5.56 Å². The first kappa shape index (κ1) is 17.6. The zero-order chi connectivity index (χ0) is 18.0. The molecule has 1 aliphatic rings. The van der Waals surface area contributed by atoms with Gasteiger partial charge in [-0.3, -0.25) is 4.79 Å². The number of nitrogens with zero attached hydrogens (tertiary/aromatic N) is 3. The number of aryl methyl sites for hydroxylation is 1. The minimum Gasteiger partial charge on any atom is -0.343 e. The molecule has 2 aromatic rings. The maximum absolute atomic E-state index is 12.9. The lowest BCUT2D eigenvalue weighted by Gasteiger charge is -2.29. The van der Waals surface area contributed by atoms with Gasteiger partial charge in [0.15, 0.2) is 5.82 Å². The van der Waals surface area contributed by atoms with E-state index in [1.807, 2.05) is 45.0 Å². The molecule has 0 fully saturated rings. The molecule has 6 heteroatoms. The summed E-state index contributed by atoms with van der Waals surface area (Å²) in [6, 6.07) is 8.22. The second-order valence-corrected chi connectivity index (χ2v) is 7.51. The van der Waals surface area contributed by atoms with Gasteiger partial charge in [0.1, 0.15) is 0 Å². The quantitative estimate of drug-likeness (QED) is 0.904. The van der Waals surface area contributed by atoms with Crippen LogP contribution in [0.15, 0.2) is 28.8 Å². The van der Waals surface area contributed by atoms with Crippen LogP contribution in [-0.2, 0) is 23.3 Å². The van der Waals surface area contributed by atoms with Gasteiger partial charge in [-0.1, -0.05) is 29.4 Å². The summed E-state index contributed by atoms with van der Waals surface area (Å²) in [7, 11) is 3.88. The van der Waals surface area contributed by atoms with E-state index in [2.05, 4.69) is 27.6 Å². The Bertz CT molecular complexity index is 751. The predicted molar refractivity (Wildman–Crippen MR) is 95.0 cm³/mol. The fourth-order valence-electron chi connectivity index (χ4n) is 3.32. The number of benzene rings is 1. The lowest BCUT2D eigenvalue weighted by molar-refractivity contribution is -0.124. The molecule has 1 aromatic heterocycles. The molecule has 1 aliphatic carbocycles. The molecule has 0 unspecified atom stereocenters. The van der Waals surface area contributed by atoms with Crippen molar-refractivity contribution in [2.45, 2.75) is 51.1 Å². The second-order valence-electron chi connectivity index (χ2n) is 7.51. The van der Waals surface area contributed by atoms with Crippen LogP contribution in [0.5, 0.6) is 0 Å². The average Bonchev–Trinajstić information content (AvgIpc) is 3.02. The van der Waals surface area contributed by atoms with Gasteiger partial charge in [0.25, 0.3) is 0 Å². The molecule has 0 saturated heterocycles. The standard InChI is InChI=1S/C19H26N4O2/c1-19(2,18-20-16(25-22-18)12-23(3)4)21-17(24)15-11-7-9-13-8-5-6-10-14(13)15/h5-6,8,10,15H,7,9,11-12H2,1-4H3,(H,21,24)/t15-/m1/s1. The summed E-state index contributed by atoms with van der Waals surface area (Å²) in [6.07, 6.45) is 2.95. The van der Waals surface area contributed by atoms with E-state index >= 15 is 0 Å². The molecule has 0 spiro atoms. The Kier molecular flexibility index (Phi) is 4.90. The van der Waals surface area contributed by atoms with Crippen LogP contribution in [0.3, 0.4) is 0 Å². The van der Waals surface area contributed by atoms with Crippen molar-refractivity contribution in [3.63, 3.8) is 0 Å². The van der Waals surface area contributed by atoms with Crippen molar-refractivity contribution in [2.24, 2.45) is 0 Å². The lowest BCUT2D eigenvalue weighted by Crippen LogP contribution is -2.44. The van der Waals surface area contributed by atoms with Crippen LogP contribution in [0.1, 0.15) is 55.4 Å². The van der Waals surface area contributed by atoms with Gasteiger partial charge in [0.05, 0.1) is 18.0 Å². The summed E-state index contributed by atoms with van der Waals surface area (Å²) >= 11 is 0. The normalized spacial score (nSPS) is 17.4. The van der Waals surface area contributed by atoms with Gasteiger partial charge in [-0.2, -0.15) is 4.98 Å². The zero-order valence-electron chi connectivity index (χ0n) is 15.4. The van der Waals surface area contributed by atoms with Crippen LogP contribution in [0.2, 0.25) is 0 Å². The third kappa shape index (κ3) is 3.90. The molecule has 6 nitrogen and oxygen atoms in total. The maximum Gasteiger partial charge on any atom is 0.240 e. The topological polar surface area (TPSA) is 71.3 Å². The van der Waals surface area contributed by atoms with Crippen LogP contribution in [0.4, 0.5) is 0 Å². The Hall–Kier alpha value is -2.21. The third-order valence-electron chi connectivity index (χ3n) is 4.60. The van der Waals surface area contributed by atoms with Gasteiger partial charge in [-0.05, 0) is 58.3 Å². The number of aromatic nitrogens is 2. The van der Waals surface area contributed by atoms with Crippen LogP contribution in [0, 0.1) is 0 Å². The average molecular weight is 342 g/mol. The van der Waals surface area contributed by atoms with Crippen molar-refractivity contribution in [1.29, 1.82) is 0 Å². The number of carbonyl (C=O) groups is 1. The Morgan fingerprint density at radius 3 is 2.88 bits per heavy atom. The number of fused-ring (bicyclic) bond motifs is 1. The second kappa shape index (κ2) is 6.96. The predicted octanol–water partition coefficient (Wildman–Crippen LogP) is 2.60. The Labute approximate surface area is 148 Å². The van der Waals surface area contributed by atoms with Crippen LogP contribution in [0.25, 0.3) is 0 Å². The molecular formula is C19H26N4O2. The number of amides is 1. The minimum atomic E-state index is -0.683. The van der Waals surface area contributed by atoms with Crippen LogP contribution < -0.4 is 5.32 Å². The van der Waals surface area contributed by atoms with Crippen LogP contribution in [-0.4, -0.2) is 35.0 Å². The summed E-state index contributed by atoms with van der Waals surface area (Å²) in [5.74, 6) is 0.959. The van der Waals surface area contributed by atoms with Crippen molar-refractivity contribution >= 4 is 5.91 Å². The molecule has 1 aromatic carbocycles. The van der Waals surface area contributed by atoms with E-state index in [-0.39, 0.29) is 11.8 Å². The SMILES string of the molecule is CN(C)Cc1nc(C(C)(C)NC(=O)[C@@H]2CCCc3ccccc32)no1. The number of rotatable bonds is 5. The number of hydrogen-bond acceptors (Lipinski definition) is 5. The monoisotopic (exact) mass is 342 g/mol. The van der Waals surface area contributed by atoms with Crippen molar-refractivity contribution in [2.75, 3.05) is 14.1 Å².